The molecule has 0 bridgehead atoms. The summed E-state index contributed by atoms with van der Waals surface area (Å²) in [6.45, 7) is 6.41. The van der Waals surface area contributed by atoms with Crippen LogP contribution in [-0.4, -0.2) is 27.5 Å². The van der Waals surface area contributed by atoms with Gasteiger partial charge in [-0.1, -0.05) is 18.2 Å². The van der Waals surface area contributed by atoms with Crippen LogP contribution in [0.25, 0.3) is 27.9 Å². The highest BCUT2D eigenvalue weighted by atomic mass is 32.1. The minimum atomic E-state index is -0.929. The summed E-state index contributed by atoms with van der Waals surface area (Å²) in [6.07, 6.45) is 1.93. The largest absolute Gasteiger partial charge is 0.449 e. The average Bonchev–Trinajstić information content (AvgIpc) is 3.32. The number of carbonyl (C=O) groups is 2. The molecule has 1 amide bonds. The Hall–Kier alpha value is -3.45. The topological polar surface area (TPSA) is 73.2 Å². The van der Waals surface area contributed by atoms with Gasteiger partial charge in [0.15, 0.2) is 6.10 Å². The molecule has 0 fully saturated rings. The third-order valence-corrected chi connectivity index (χ3v) is 5.84. The maximum Gasteiger partial charge on any atom is 0.331 e. The van der Waals surface area contributed by atoms with Crippen LogP contribution in [0.5, 0.6) is 0 Å². The van der Waals surface area contributed by atoms with Gasteiger partial charge in [0.1, 0.15) is 0 Å². The van der Waals surface area contributed by atoms with E-state index in [1.54, 1.807) is 13.0 Å². The second-order valence-corrected chi connectivity index (χ2v) is 8.25. The molecule has 158 valence electrons. The van der Waals surface area contributed by atoms with E-state index < -0.39 is 12.1 Å². The lowest BCUT2D eigenvalue weighted by Crippen LogP contribution is -2.29. The summed E-state index contributed by atoms with van der Waals surface area (Å²) in [7, 11) is 0. The van der Waals surface area contributed by atoms with Gasteiger partial charge in [0.25, 0.3) is 5.91 Å². The molecule has 0 radical (unpaired) electrons. The minimum Gasteiger partial charge on any atom is -0.449 e. The van der Waals surface area contributed by atoms with E-state index in [-0.39, 0.29) is 5.91 Å². The van der Waals surface area contributed by atoms with Crippen LogP contribution in [0, 0.1) is 6.92 Å². The molecule has 1 atom stereocenters. The molecule has 1 unspecified atom stereocenters. The van der Waals surface area contributed by atoms with Gasteiger partial charge in [-0.25, -0.2) is 9.78 Å². The molecule has 1 N–H and O–H groups in total. The normalized spacial score (nSPS) is 12.5. The summed E-state index contributed by atoms with van der Waals surface area (Å²) in [4.78, 5) is 28.8. The van der Waals surface area contributed by atoms with Gasteiger partial charge in [-0.2, -0.15) is 0 Å². The van der Waals surface area contributed by atoms with Gasteiger partial charge in [0.05, 0.1) is 10.7 Å². The molecule has 4 aromatic rings. The molecule has 0 aliphatic carbocycles. The molecule has 7 heteroatoms. The van der Waals surface area contributed by atoms with Gasteiger partial charge >= 0.3 is 5.97 Å². The van der Waals surface area contributed by atoms with Crippen LogP contribution in [-0.2, 0) is 20.9 Å². The van der Waals surface area contributed by atoms with Crippen molar-refractivity contribution in [1.29, 1.82) is 0 Å². The SMILES string of the molecule is CCn1c2ccccc2c2cc(NC(=O)C(C)OC(=O)/C=C/c3csc(C)n3)ccc21. The zero-order valence-corrected chi connectivity index (χ0v) is 18.4. The monoisotopic (exact) mass is 433 g/mol. The van der Waals surface area contributed by atoms with E-state index in [0.717, 1.165) is 33.4 Å². The number of nitrogens with zero attached hydrogens (tertiary/aromatic N) is 2. The van der Waals surface area contributed by atoms with Crippen molar-refractivity contribution in [2.24, 2.45) is 0 Å². The van der Waals surface area contributed by atoms with E-state index in [0.29, 0.717) is 11.4 Å². The first kappa shape index (κ1) is 20.8. The molecule has 4 rings (SSSR count). The molecule has 0 saturated heterocycles. The van der Waals surface area contributed by atoms with Crippen LogP contribution in [0.2, 0.25) is 0 Å². The van der Waals surface area contributed by atoms with Crippen molar-refractivity contribution in [2.75, 3.05) is 5.32 Å². The Bertz CT molecular complexity index is 1300. The fourth-order valence-corrected chi connectivity index (χ4v) is 4.17. The third kappa shape index (κ3) is 4.36. The second-order valence-electron chi connectivity index (χ2n) is 7.19. The van der Waals surface area contributed by atoms with Crippen LogP contribution in [0.4, 0.5) is 5.69 Å². The highest BCUT2D eigenvalue weighted by molar-refractivity contribution is 7.09. The summed E-state index contributed by atoms with van der Waals surface area (Å²) >= 11 is 1.50. The smallest absolute Gasteiger partial charge is 0.331 e. The van der Waals surface area contributed by atoms with Gasteiger partial charge in [-0.05, 0) is 51.1 Å². The number of anilines is 1. The summed E-state index contributed by atoms with van der Waals surface area (Å²) in [5.41, 5.74) is 3.63. The van der Waals surface area contributed by atoms with Crippen molar-refractivity contribution in [3.63, 3.8) is 0 Å². The molecule has 0 aliphatic heterocycles. The number of para-hydroxylation sites is 1. The van der Waals surface area contributed by atoms with E-state index in [4.69, 9.17) is 4.74 Å². The fraction of sp³-hybridized carbons (Fsp3) is 0.208. The van der Waals surface area contributed by atoms with E-state index in [1.807, 2.05) is 42.6 Å². The molecule has 0 spiro atoms. The molecule has 6 nitrogen and oxygen atoms in total. The standard InChI is InChI=1S/C24H23N3O3S/c1-4-27-21-8-6-5-7-19(21)20-13-17(9-11-22(20)27)26-24(29)15(2)30-23(28)12-10-18-14-31-16(3)25-18/h5-15H,4H2,1-3H3,(H,26,29)/b12-10+. The van der Waals surface area contributed by atoms with Gasteiger partial charge in [-0.3, -0.25) is 4.79 Å². The average molecular weight is 434 g/mol. The maximum absolute atomic E-state index is 12.6. The van der Waals surface area contributed by atoms with Crippen molar-refractivity contribution < 1.29 is 14.3 Å². The Morgan fingerprint density at radius 3 is 2.71 bits per heavy atom. The molecule has 2 aromatic carbocycles. The quantitative estimate of drug-likeness (QED) is 0.337. The highest BCUT2D eigenvalue weighted by Crippen LogP contribution is 2.31. The number of fused-ring (bicyclic) bond motifs is 3. The van der Waals surface area contributed by atoms with Crippen molar-refractivity contribution >= 4 is 56.8 Å². The Morgan fingerprint density at radius 1 is 1.19 bits per heavy atom. The predicted octanol–water partition coefficient (Wildman–Crippen LogP) is 5.16. The van der Waals surface area contributed by atoms with Crippen LogP contribution in [0.15, 0.2) is 53.9 Å². The Balaban J connectivity index is 1.47. The van der Waals surface area contributed by atoms with E-state index in [2.05, 4.69) is 33.9 Å². The van der Waals surface area contributed by atoms with Gasteiger partial charge in [0.2, 0.25) is 0 Å². The Morgan fingerprint density at radius 2 is 1.97 bits per heavy atom. The lowest BCUT2D eigenvalue weighted by Gasteiger charge is -2.12. The minimum absolute atomic E-state index is 0.384. The number of hydrogen-bond acceptors (Lipinski definition) is 5. The zero-order chi connectivity index (χ0) is 22.0. The number of aromatic nitrogens is 2. The zero-order valence-electron chi connectivity index (χ0n) is 17.6. The Labute approximate surface area is 184 Å². The van der Waals surface area contributed by atoms with E-state index >= 15 is 0 Å². The first-order valence-corrected chi connectivity index (χ1v) is 11.0. The van der Waals surface area contributed by atoms with Crippen molar-refractivity contribution in [3.05, 3.63) is 64.6 Å². The third-order valence-electron chi connectivity index (χ3n) is 5.05. The first-order chi connectivity index (χ1) is 15.0. The highest BCUT2D eigenvalue weighted by Gasteiger charge is 2.18. The number of rotatable bonds is 6. The van der Waals surface area contributed by atoms with Crippen molar-refractivity contribution in [1.82, 2.24) is 9.55 Å². The number of benzene rings is 2. The van der Waals surface area contributed by atoms with Gasteiger partial charge in [0, 0.05) is 45.5 Å². The molecule has 2 heterocycles. The van der Waals surface area contributed by atoms with Crippen molar-refractivity contribution in [2.45, 2.75) is 33.4 Å². The van der Waals surface area contributed by atoms with Crippen LogP contribution in [0.3, 0.4) is 0 Å². The second kappa shape index (κ2) is 8.73. The molecular formula is C24H23N3O3S. The van der Waals surface area contributed by atoms with Crippen molar-refractivity contribution in [3.8, 4) is 0 Å². The summed E-state index contributed by atoms with van der Waals surface area (Å²) in [5, 5.41) is 7.82. The maximum atomic E-state index is 12.6. The molecule has 31 heavy (non-hydrogen) atoms. The number of esters is 1. The Kier molecular flexibility index (Phi) is 5.86. The molecular weight excluding hydrogens is 410 g/mol. The number of aryl methyl sites for hydroxylation is 2. The summed E-state index contributed by atoms with van der Waals surface area (Å²) in [6, 6.07) is 14.0. The van der Waals surface area contributed by atoms with Crippen LogP contribution in [0.1, 0.15) is 24.5 Å². The fourth-order valence-electron chi connectivity index (χ4n) is 3.59. The molecule has 2 aromatic heterocycles. The van der Waals surface area contributed by atoms with Gasteiger partial charge in [-0.15, -0.1) is 11.3 Å². The summed E-state index contributed by atoms with van der Waals surface area (Å²) in [5.74, 6) is -0.973. The number of nitrogens with one attached hydrogen (secondary N) is 1. The number of carbonyl (C=O) groups excluding carboxylic acids is 2. The number of hydrogen-bond donors (Lipinski definition) is 1. The van der Waals surface area contributed by atoms with Gasteiger partial charge < -0.3 is 14.6 Å². The van der Waals surface area contributed by atoms with E-state index in [1.165, 1.54) is 17.4 Å². The summed E-state index contributed by atoms with van der Waals surface area (Å²) < 4.78 is 7.47. The van der Waals surface area contributed by atoms with E-state index in [9.17, 15) is 9.59 Å². The molecule has 0 saturated carbocycles. The number of amides is 1. The predicted molar refractivity (Wildman–Crippen MR) is 125 cm³/mol. The number of thiazole rings is 1. The van der Waals surface area contributed by atoms with Crippen LogP contribution >= 0.6 is 11.3 Å². The lowest BCUT2D eigenvalue weighted by atomic mass is 10.1. The molecule has 0 aliphatic rings. The number of ether oxygens (including phenoxy) is 1. The lowest BCUT2D eigenvalue weighted by molar-refractivity contribution is -0.148. The van der Waals surface area contributed by atoms with Crippen LogP contribution < -0.4 is 5.32 Å². The first-order valence-electron chi connectivity index (χ1n) is 10.1.